The van der Waals surface area contributed by atoms with E-state index in [0.29, 0.717) is 45.6 Å². The van der Waals surface area contributed by atoms with Gasteiger partial charge in [0.1, 0.15) is 0 Å². The van der Waals surface area contributed by atoms with Crippen molar-refractivity contribution in [3.05, 3.63) is 0 Å². The van der Waals surface area contributed by atoms with Crippen LogP contribution in [-0.4, -0.2) is 57.1 Å². The van der Waals surface area contributed by atoms with Crippen molar-refractivity contribution in [2.45, 2.75) is 25.4 Å². The number of nitrogens with one attached hydrogen (secondary N) is 1. The van der Waals surface area contributed by atoms with Crippen molar-refractivity contribution in [1.82, 2.24) is 5.32 Å². The molecule has 1 amide bonds. The van der Waals surface area contributed by atoms with Gasteiger partial charge in [0.05, 0.1) is 18.1 Å². The fraction of sp³-hybridized carbons (Fsp3) is 0.917. The second-order valence-corrected chi connectivity index (χ2v) is 4.75. The third-order valence-corrected chi connectivity index (χ3v) is 3.44. The first kappa shape index (κ1) is 15.4. The molecule has 0 aromatic heterocycles. The summed E-state index contributed by atoms with van der Waals surface area (Å²) in [6.45, 7) is 2.22. The van der Waals surface area contributed by atoms with Crippen LogP contribution in [0.4, 0.5) is 0 Å². The first-order valence-electron chi connectivity index (χ1n) is 6.38. The van der Waals surface area contributed by atoms with Crippen LogP contribution < -0.4 is 11.1 Å². The van der Waals surface area contributed by atoms with E-state index in [9.17, 15) is 9.90 Å². The van der Waals surface area contributed by atoms with Crippen LogP contribution in [0, 0.1) is 5.41 Å². The zero-order chi connectivity index (χ0) is 13.4. The van der Waals surface area contributed by atoms with Crippen LogP contribution in [0.15, 0.2) is 0 Å². The molecule has 6 heteroatoms. The quantitative estimate of drug-likeness (QED) is 0.560. The van der Waals surface area contributed by atoms with E-state index in [-0.39, 0.29) is 12.5 Å². The number of aliphatic hydroxyl groups is 1. The third-order valence-electron chi connectivity index (χ3n) is 3.44. The average molecular weight is 260 g/mol. The van der Waals surface area contributed by atoms with Crippen LogP contribution in [0.25, 0.3) is 0 Å². The highest BCUT2D eigenvalue weighted by Crippen LogP contribution is 2.29. The summed E-state index contributed by atoms with van der Waals surface area (Å²) >= 11 is 0. The van der Waals surface area contributed by atoms with E-state index >= 15 is 0 Å². The minimum atomic E-state index is -0.543. The van der Waals surface area contributed by atoms with E-state index in [1.54, 1.807) is 0 Å². The molecule has 18 heavy (non-hydrogen) atoms. The molecule has 1 saturated heterocycles. The second-order valence-electron chi connectivity index (χ2n) is 4.75. The number of carbonyl (C=O) groups is 1. The standard InChI is InChI=1S/C12H24N2O4/c1-17-8-10(15)2-5-14-11(16)12(9-13)3-6-18-7-4-12/h10,15H,2-9,13H2,1H3,(H,14,16). The number of aliphatic hydroxyl groups excluding tert-OH is 1. The van der Waals surface area contributed by atoms with Crippen molar-refractivity contribution in [3.63, 3.8) is 0 Å². The lowest BCUT2D eigenvalue weighted by Crippen LogP contribution is -2.49. The van der Waals surface area contributed by atoms with Crippen LogP contribution in [0.2, 0.25) is 0 Å². The topological polar surface area (TPSA) is 93.8 Å². The van der Waals surface area contributed by atoms with Gasteiger partial charge < -0.3 is 25.6 Å². The molecule has 6 nitrogen and oxygen atoms in total. The normalized spacial score (nSPS) is 20.4. The van der Waals surface area contributed by atoms with Crippen LogP contribution in [0.5, 0.6) is 0 Å². The molecule has 4 N–H and O–H groups in total. The third kappa shape index (κ3) is 4.20. The fourth-order valence-corrected chi connectivity index (χ4v) is 2.10. The Morgan fingerprint density at radius 2 is 2.22 bits per heavy atom. The highest BCUT2D eigenvalue weighted by atomic mass is 16.5. The summed E-state index contributed by atoms with van der Waals surface area (Å²) in [5, 5.41) is 12.3. The van der Waals surface area contributed by atoms with E-state index in [0.717, 1.165) is 0 Å². The van der Waals surface area contributed by atoms with Gasteiger partial charge in [-0.25, -0.2) is 0 Å². The SMILES string of the molecule is COCC(O)CCNC(=O)C1(CN)CCOCC1. The Labute approximate surface area is 108 Å². The number of hydrogen-bond donors (Lipinski definition) is 3. The zero-order valence-corrected chi connectivity index (χ0v) is 11.0. The molecule has 0 spiro atoms. The maximum absolute atomic E-state index is 12.1. The van der Waals surface area contributed by atoms with E-state index in [2.05, 4.69) is 5.32 Å². The minimum absolute atomic E-state index is 0.0297. The highest BCUT2D eigenvalue weighted by Gasteiger charge is 2.38. The Morgan fingerprint density at radius 3 is 2.78 bits per heavy atom. The Hall–Kier alpha value is -0.690. The number of nitrogens with two attached hydrogens (primary N) is 1. The lowest BCUT2D eigenvalue weighted by molar-refractivity contribution is -0.136. The molecular formula is C12H24N2O4. The number of amides is 1. The molecule has 0 aromatic rings. The van der Waals surface area contributed by atoms with Gasteiger partial charge in [0.2, 0.25) is 5.91 Å². The van der Waals surface area contributed by atoms with Crippen molar-refractivity contribution in [1.29, 1.82) is 0 Å². The highest BCUT2D eigenvalue weighted by molar-refractivity contribution is 5.83. The lowest BCUT2D eigenvalue weighted by Gasteiger charge is -2.34. The first-order valence-corrected chi connectivity index (χ1v) is 6.38. The van der Waals surface area contributed by atoms with Gasteiger partial charge in [-0.1, -0.05) is 0 Å². The summed E-state index contributed by atoms with van der Waals surface area (Å²) < 4.78 is 10.1. The summed E-state index contributed by atoms with van der Waals surface area (Å²) in [5.41, 5.74) is 5.24. The molecule has 1 heterocycles. The van der Waals surface area contributed by atoms with Crippen molar-refractivity contribution in [3.8, 4) is 0 Å². The summed E-state index contributed by atoms with van der Waals surface area (Å²) in [4.78, 5) is 12.1. The summed E-state index contributed by atoms with van der Waals surface area (Å²) in [7, 11) is 1.53. The molecule has 1 atom stereocenters. The van der Waals surface area contributed by atoms with Gasteiger partial charge in [0.15, 0.2) is 0 Å². The van der Waals surface area contributed by atoms with Gasteiger partial charge in [-0.3, -0.25) is 4.79 Å². The Bertz CT molecular complexity index is 254. The molecular weight excluding hydrogens is 236 g/mol. The summed E-state index contributed by atoms with van der Waals surface area (Å²) in [5.74, 6) is -0.0297. The average Bonchev–Trinajstić information content (AvgIpc) is 2.39. The van der Waals surface area contributed by atoms with Crippen LogP contribution >= 0.6 is 0 Å². The molecule has 1 rings (SSSR count). The monoisotopic (exact) mass is 260 g/mol. The van der Waals surface area contributed by atoms with Crippen LogP contribution in [0.3, 0.4) is 0 Å². The summed E-state index contributed by atoms with van der Waals surface area (Å²) in [6.07, 6.45) is 1.27. The van der Waals surface area contributed by atoms with Gasteiger partial charge in [0.25, 0.3) is 0 Å². The largest absolute Gasteiger partial charge is 0.391 e. The summed E-state index contributed by atoms with van der Waals surface area (Å²) in [6, 6.07) is 0. The zero-order valence-electron chi connectivity index (χ0n) is 11.0. The van der Waals surface area contributed by atoms with E-state index < -0.39 is 11.5 Å². The molecule has 1 fully saturated rings. The van der Waals surface area contributed by atoms with E-state index in [1.165, 1.54) is 7.11 Å². The fourth-order valence-electron chi connectivity index (χ4n) is 2.10. The van der Waals surface area contributed by atoms with E-state index in [1.807, 2.05) is 0 Å². The molecule has 1 aliphatic heterocycles. The molecule has 106 valence electrons. The van der Waals surface area contributed by atoms with Crippen LogP contribution in [0.1, 0.15) is 19.3 Å². The molecule has 0 aromatic carbocycles. The predicted molar refractivity (Wildman–Crippen MR) is 67.0 cm³/mol. The number of rotatable bonds is 7. The van der Waals surface area contributed by atoms with E-state index in [4.69, 9.17) is 15.2 Å². The van der Waals surface area contributed by atoms with Crippen molar-refractivity contribution >= 4 is 5.91 Å². The second kappa shape index (κ2) is 7.68. The van der Waals surface area contributed by atoms with Crippen molar-refractivity contribution in [2.24, 2.45) is 11.1 Å². The van der Waals surface area contributed by atoms with Gasteiger partial charge in [0, 0.05) is 33.4 Å². The maximum Gasteiger partial charge on any atom is 0.227 e. The molecule has 1 aliphatic rings. The van der Waals surface area contributed by atoms with Crippen molar-refractivity contribution in [2.75, 3.05) is 40.0 Å². The minimum Gasteiger partial charge on any atom is -0.391 e. The van der Waals surface area contributed by atoms with Crippen molar-refractivity contribution < 1.29 is 19.4 Å². The molecule has 0 saturated carbocycles. The maximum atomic E-state index is 12.1. The number of methoxy groups -OCH3 is 1. The Balaban J connectivity index is 2.34. The predicted octanol–water partition coefficient (Wildman–Crippen LogP) is -0.744. The smallest absolute Gasteiger partial charge is 0.227 e. The van der Waals surface area contributed by atoms with Gasteiger partial charge in [-0.05, 0) is 19.3 Å². The molecule has 0 aliphatic carbocycles. The lowest BCUT2D eigenvalue weighted by atomic mass is 9.79. The number of ether oxygens (including phenoxy) is 2. The Morgan fingerprint density at radius 1 is 1.56 bits per heavy atom. The number of carbonyl (C=O) groups excluding carboxylic acids is 1. The van der Waals surface area contributed by atoms with Crippen LogP contribution in [-0.2, 0) is 14.3 Å². The van der Waals surface area contributed by atoms with Gasteiger partial charge >= 0.3 is 0 Å². The molecule has 1 unspecified atom stereocenters. The molecule has 0 bridgehead atoms. The Kier molecular flexibility index (Phi) is 6.56. The van der Waals surface area contributed by atoms with Gasteiger partial charge in [-0.15, -0.1) is 0 Å². The first-order chi connectivity index (χ1) is 8.64. The van der Waals surface area contributed by atoms with Gasteiger partial charge in [-0.2, -0.15) is 0 Å². The number of hydrogen-bond acceptors (Lipinski definition) is 5. The molecule has 0 radical (unpaired) electrons.